The second-order valence-corrected chi connectivity index (χ2v) is 7.76. The van der Waals surface area contributed by atoms with Gasteiger partial charge in [-0.3, -0.25) is 4.68 Å². The van der Waals surface area contributed by atoms with Gasteiger partial charge in [-0.15, -0.1) is 0 Å². The third kappa shape index (κ3) is 3.29. The minimum atomic E-state index is -0.807. The molecule has 1 saturated carbocycles. The lowest BCUT2D eigenvalue weighted by Gasteiger charge is -2.51. The van der Waals surface area contributed by atoms with Crippen LogP contribution in [0.4, 0.5) is 0 Å². The molecule has 1 heterocycles. The van der Waals surface area contributed by atoms with Crippen molar-refractivity contribution in [1.29, 1.82) is 0 Å². The van der Waals surface area contributed by atoms with Gasteiger partial charge in [0.15, 0.2) is 0 Å². The van der Waals surface area contributed by atoms with Crippen LogP contribution in [0.3, 0.4) is 0 Å². The van der Waals surface area contributed by atoms with Crippen LogP contribution in [-0.4, -0.2) is 25.5 Å². The maximum Gasteiger partial charge on any atom is 0.137 e. The Kier molecular flexibility index (Phi) is 4.47. The molecule has 1 aliphatic rings. The number of aromatic nitrogens is 3. The molecule has 0 unspecified atom stereocenters. The maximum absolute atomic E-state index is 11.6. The van der Waals surface area contributed by atoms with Gasteiger partial charge in [-0.1, -0.05) is 44.0 Å². The van der Waals surface area contributed by atoms with Crippen molar-refractivity contribution < 1.29 is 5.11 Å². The Morgan fingerprint density at radius 1 is 1.30 bits per heavy atom. The summed E-state index contributed by atoms with van der Waals surface area (Å²) in [5.41, 5.74) is 0.251. The van der Waals surface area contributed by atoms with Crippen molar-refractivity contribution in [3.8, 4) is 0 Å². The van der Waals surface area contributed by atoms with Crippen molar-refractivity contribution in [2.75, 3.05) is 0 Å². The molecule has 1 aliphatic carbocycles. The van der Waals surface area contributed by atoms with Gasteiger partial charge in [0, 0.05) is 5.02 Å². The highest BCUT2D eigenvalue weighted by atomic mass is 35.5. The highest BCUT2D eigenvalue weighted by molar-refractivity contribution is 6.30. The highest BCUT2D eigenvalue weighted by Gasteiger charge is 2.51. The number of benzene rings is 1. The van der Waals surface area contributed by atoms with E-state index in [9.17, 15) is 5.11 Å². The molecule has 1 aromatic carbocycles. The van der Waals surface area contributed by atoms with E-state index >= 15 is 0 Å². The molecule has 3 rings (SSSR count). The van der Waals surface area contributed by atoms with Crippen molar-refractivity contribution >= 4 is 11.6 Å². The Hall–Kier alpha value is -1.39. The first-order valence-corrected chi connectivity index (χ1v) is 8.58. The minimum Gasteiger partial charge on any atom is -0.387 e. The lowest BCUT2D eigenvalue weighted by molar-refractivity contribution is -0.150. The van der Waals surface area contributed by atoms with Gasteiger partial charge in [0.05, 0.1) is 12.1 Å². The molecule has 5 heteroatoms. The zero-order valence-corrected chi connectivity index (χ0v) is 14.5. The van der Waals surface area contributed by atoms with Crippen LogP contribution in [0.5, 0.6) is 0 Å². The SMILES string of the molecule is CC1(C)CCC[C@@H](Cc2ccc(Cl)cc2)[C@]1(O)Cn1cncn1. The summed E-state index contributed by atoms with van der Waals surface area (Å²) < 4.78 is 1.75. The Morgan fingerprint density at radius 3 is 2.70 bits per heavy atom. The molecule has 0 spiro atoms. The standard InChI is InChI=1S/C18H24ClN3O/c1-17(2)9-3-4-15(10-14-5-7-16(19)8-6-14)18(17,23)11-22-13-20-12-21-22/h5-8,12-13,15,23H,3-4,9-11H2,1-2H3/t15-,18+/m0/s1. The predicted molar refractivity (Wildman–Crippen MR) is 91.2 cm³/mol. The smallest absolute Gasteiger partial charge is 0.137 e. The van der Waals surface area contributed by atoms with Gasteiger partial charge in [0.25, 0.3) is 0 Å². The van der Waals surface area contributed by atoms with E-state index in [1.54, 1.807) is 11.0 Å². The Bertz CT molecular complexity index is 639. The average Bonchev–Trinajstić information content (AvgIpc) is 2.99. The number of rotatable bonds is 4. The summed E-state index contributed by atoms with van der Waals surface area (Å²) in [6, 6.07) is 7.95. The number of hydrogen-bond donors (Lipinski definition) is 1. The molecule has 23 heavy (non-hydrogen) atoms. The number of nitrogens with zero attached hydrogens (tertiary/aromatic N) is 3. The second-order valence-electron chi connectivity index (χ2n) is 7.32. The van der Waals surface area contributed by atoms with Crippen molar-refractivity contribution in [1.82, 2.24) is 14.8 Å². The molecule has 2 aromatic rings. The van der Waals surface area contributed by atoms with E-state index in [0.29, 0.717) is 6.54 Å². The molecule has 1 fully saturated rings. The first-order chi connectivity index (χ1) is 10.9. The number of halogens is 1. The molecule has 0 aliphatic heterocycles. The Labute approximate surface area is 142 Å². The zero-order chi connectivity index (χ0) is 16.5. The van der Waals surface area contributed by atoms with Gasteiger partial charge in [0.1, 0.15) is 12.7 Å². The lowest BCUT2D eigenvalue weighted by atomic mass is 9.59. The lowest BCUT2D eigenvalue weighted by Crippen LogP contribution is -2.56. The van der Waals surface area contributed by atoms with Crippen LogP contribution in [-0.2, 0) is 13.0 Å². The van der Waals surface area contributed by atoms with E-state index in [1.165, 1.54) is 11.9 Å². The van der Waals surface area contributed by atoms with Gasteiger partial charge in [-0.25, -0.2) is 4.98 Å². The molecule has 0 radical (unpaired) electrons. The normalized spacial score (nSPS) is 27.0. The summed E-state index contributed by atoms with van der Waals surface area (Å²) in [6.45, 7) is 4.81. The topological polar surface area (TPSA) is 50.9 Å². The molecule has 4 nitrogen and oxygen atoms in total. The van der Waals surface area contributed by atoms with Crippen LogP contribution < -0.4 is 0 Å². The average molecular weight is 334 g/mol. The quantitative estimate of drug-likeness (QED) is 0.927. The first kappa shape index (κ1) is 16.5. The minimum absolute atomic E-state index is 0.158. The van der Waals surface area contributed by atoms with Crippen molar-refractivity contribution in [2.24, 2.45) is 11.3 Å². The number of aliphatic hydroxyl groups is 1. The fourth-order valence-electron chi connectivity index (χ4n) is 3.88. The summed E-state index contributed by atoms with van der Waals surface area (Å²) in [4.78, 5) is 4.01. The third-order valence-corrected chi connectivity index (χ3v) is 5.72. The van der Waals surface area contributed by atoms with Crippen molar-refractivity contribution in [3.63, 3.8) is 0 Å². The second kappa shape index (κ2) is 6.25. The molecule has 124 valence electrons. The summed E-state index contributed by atoms with van der Waals surface area (Å²) in [7, 11) is 0. The maximum atomic E-state index is 11.6. The van der Waals surface area contributed by atoms with E-state index < -0.39 is 5.60 Å². The van der Waals surface area contributed by atoms with E-state index in [0.717, 1.165) is 30.7 Å². The third-order valence-electron chi connectivity index (χ3n) is 5.47. The molecular formula is C18H24ClN3O. The van der Waals surface area contributed by atoms with Gasteiger partial charge in [-0.05, 0) is 48.3 Å². The van der Waals surface area contributed by atoms with E-state index in [-0.39, 0.29) is 11.3 Å². The van der Waals surface area contributed by atoms with E-state index in [1.807, 2.05) is 12.1 Å². The van der Waals surface area contributed by atoms with Gasteiger partial charge in [0.2, 0.25) is 0 Å². The van der Waals surface area contributed by atoms with Gasteiger partial charge >= 0.3 is 0 Å². The summed E-state index contributed by atoms with van der Waals surface area (Å²) >= 11 is 5.98. The summed E-state index contributed by atoms with van der Waals surface area (Å²) in [5, 5.41) is 16.6. The van der Waals surface area contributed by atoms with Crippen LogP contribution in [0.25, 0.3) is 0 Å². The molecule has 0 bridgehead atoms. The van der Waals surface area contributed by atoms with Gasteiger partial charge < -0.3 is 5.11 Å². The zero-order valence-electron chi connectivity index (χ0n) is 13.7. The molecule has 0 amide bonds. The van der Waals surface area contributed by atoms with Gasteiger partial charge in [-0.2, -0.15) is 5.10 Å². The fraction of sp³-hybridized carbons (Fsp3) is 0.556. The fourth-order valence-corrected chi connectivity index (χ4v) is 4.00. The monoisotopic (exact) mass is 333 g/mol. The molecule has 1 aromatic heterocycles. The van der Waals surface area contributed by atoms with Crippen LogP contribution in [0.15, 0.2) is 36.9 Å². The summed E-state index contributed by atoms with van der Waals surface area (Å²) in [5.74, 6) is 0.191. The van der Waals surface area contributed by atoms with Crippen molar-refractivity contribution in [3.05, 3.63) is 47.5 Å². The van der Waals surface area contributed by atoms with E-state index in [4.69, 9.17) is 11.6 Å². The molecule has 2 atom stereocenters. The van der Waals surface area contributed by atoms with Crippen LogP contribution in [0.2, 0.25) is 5.02 Å². The Balaban J connectivity index is 1.87. The van der Waals surface area contributed by atoms with Crippen molar-refractivity contribution in [2.45, 2.75) is 51.7 Å². The summed E-state index contributed by atoms with van der Waals surface area (Å²) in [6.07, 6.45) is 7.25. The highest BCUT2D eigenvalue weighted by Crippen LogP contribution is 2.49. The van der Waals surface area contributed by atoms with Crippen LogP contribution >= 0.6 is 11.6 Å². The largest absolute Gasteiger partial charge is 0.387 e. The first-order valence-electron chi connectivity index (χ1n) is 8.20. The van der Waals surface area contributed by atoms with Crippen LogP contribution in [0, 0.1) is 11.3 Å². The number of hydrogen-bond acceptors (Lipinski definition) is 3. The Morgan fingerprint density at radius 2 is 2.04 bits per heavy atom. The van der Waals surface area contributed by atoms with Crippen LogP contribution in [0.1, 0.15) is 38.7 Å². The predicted octanol–water partition coefficient (Wildman–Crippen LogP) is 3.73. The molecule has 1 N–H and O–H groups in total. The van der Waals surface area contributed by atoms with E-state index in [2.05, 4.69) is 36.1 Å². The molecular weight excluding hydrogens is 310 g/mol. The molecule has 0 saturated heterocycles.